The average Bonchev–Trinajstić information content (AvgIpc) is 2.67. The summed E-state index contributed by atoms with van der Waals surface area (Å²) in [6.45, 7) is 0. The van der Waals surface area contributed by atoms with E-state index in [1.165, 1.54) is 18.3 Å². The van der Waals surface area contributed by atoms with E-state index in [1.807, 2.05) is 0 Å². The van der Waals surface area contributed by atoms with Crippen LogP contribution in [0.1, 0.15) is 5.69 Å². The van der Waals surface area contributed by atoms with Gasteiger partial charge < -0.3 is 4.98 Å². The Balaban J connectivity index is 2.35. The van der Waals surface area contributed by atoms with Gasteiger partial charge in [0.25, 0.3) is 0 Å². The minimum absolute atomic E-state index is 0.108. The number of imidazole rings is 1. The van der Waals surface area contributed by atoms with E-state index < -0.39 is 11.9 Å². The second-order valence-electron chi connectivity index (χ2n) is 3.01. The third-order valence-corrected chi connectivity index (χ3v) is 2.11. The van der Waals surface area contributed by atoms with Gasteiger partial charge in [0, 0.05) is 11.8 Å². The molecule has 0 radical (unpaired) electrons. The predicted octanol–water partition coefficient (Wildman–Crippen LogP) is 3.14. The molecule has 0 saturated carbocycles. The lowest BCUT2D eigenvalue weighted by Gasteiger charge is -2.01. The van der Waals surface area contributed by atoms with Crippen LogP contribution in [-0.4, -0.2) is 15.0 Å². The van der Waals surface area contributed by atoms with Gasteiger partial charge in [0.15, 0.2) is 0 Å². The first-order chi connectivity index (χ1) is 7.47. The van der Waals surface area contributed by atoms with Crippen LogP contribution >= 0.6 is 11.6 Å². The first-order valence-electron chi connectivity index (χ1n) is 4.21. The summed E-state index contributed by atoms with van der Waals surface area (Å²) in [7, 11) is 0. The number of aromatic amines is 1. The molecule has 84 valence electrons. The summed E-state index contributed by atoms with van der Waals surface area (Å²) >= 11 is 5.56. The fraction of sp³-hybridized carbons (Fsp3) is 0.111. The summed E-state index contributed by atoms with van der Waals surface area (Å²) < 4.78 is 36.8. The smallest absolute Gasteiger partial charge is 0.334 e. The molecule has 0 aliphatic carbocycles. The number of H-pyrrole nitrogens is 1. The quantitative estimate of drug-likeness (QED) is 0.787. The Morgan fingerprint density at radius 1 is 1.12 bits per heavy atom. The highest BCUT2D eigenvalue weighted by molar-refractivity contribution is 6.29. The van der Waals surface area contributed by atoms with E-state index in [2.05, 4.69) is 15.0 Å². The van der Waals surface area contributed by atoms with E-state index in [-0.39, 0.29) is 11.0 Å². The minimum Gasteiger partial charge on any atom is -0.334 e. The van der Waals surface area contributed by atoms with Crippen LogP contribution < -0.4 is 0 Å². The van der Waals surface area contributed by atoms with Gasteiger partial charge >= 0.3 is 6.18 Å². The van der Waals surface area contributed by atoms with Gasteiger partial charge in [-0.3, -0.25) is 0 Å². The van der Waals surface area contributed by atoms with Gasteiger partial charge in [-0.1, -0.05) is 11.6 Å². The molecule has 0 unspecified atom stereocenters. The van der Waals surface area contributed by atoms with Crippen molar-refractivity contribution in [2.24, 2.45) is 0 Å². The van der Waals surface area contributed by atoms with E-state index in [0.717, 1.165) is 6.20 Å². The number of hydrogen-bond donors (Lipinski definition) is 1. The van der Waals surface area contributed by atoms with Crippen molar-refractivity contribution in [1.29, 1.82) is 0 Å². The van der Waals surface area contributed by atoms with Gasteiger partial charge in [-0.2, -0.15) is 13.2 Å². The lowest BCUT2D eigenvalue weighted by Crippen LogP contribution is -2.04. The van der Waals surface area contributed by atoms with Crippen molar-refractivity contribution in [3.8, 4) is 11.4 Å². The van der Waals surface area contributed by atoms with E-state index in [9.17, 15) is 13.2 Å². The van der Waals surface area contributed by atoms with Crippen LogP contribution in [0.2, 0.25) is 5.15 Å². The van der Waals surface area contributed by atoms with E-state index in [4.69, 9.17) is 11.6 Å². The zero-order valence-corrected chi connectivity index (χ0v) is 8.47. The molecule has 0 aliphatic heterocycles. The Labute approximate surface area is 93.3 Å². The number of halogens is 4. The Morgan fingerprint density at radius 2 is 1.88 bits per heavy atom. The molecule has 7 heteroatoms. The van der Waals surface area contributed by atoms with Crippen LogP contribution in [-0.2, 0) is 6.18 Å². The van der Waals surface area contributed by atoms with Crippen LogP contribution in [0.25, 0.3) is 11.4 Å². The molecule has 0 amide bonds. The molecule has 0 aromatic carbocycles. The Morgan fingerprint density at radius 3 is 2.38 bits per heavy atom. The maximum absolute atomic E-state index is 12.3. The molecular formula is C9H5ClF3N3. The summed E-state index contributed by atoms with van der Waals surface area (Å²) in [4.78, 5) is 9.54. The fourth-order valence-corrected chi connectivity index (χ4v) is 1.24. The lowest BCUT2D eigenvalue weighted by molar-refractivity contribution is -0.140. The van der Waals surface area contributed by atoms with E-state index in [0.29, 0.717) is 5.56 Å². The number of alkyl halides is 3. The summed E-state index contributed by atoms with van der Waals surface area (Å²) in [5, 5.41) is 0.270. The van der Waals surface area contributed by atoms with Crippen molar-refractivity contribution < 1.29 is 13.2 Å². The first kappa shape index (κ1) is 10.9. The summed E-state index contributed by atoms with van der Waals surface area (Å²) in [5.41, 5.74) is -0.447. The summed E-state index contributed by atoms with van der Waals surface area (Å²) in [5.74, 6) is 0.108. The largest absolute Gasteiger partial charge is 0.432 e. The highest BCUT2D eigenvalue weighted by atomic mass is 35.5. The predicted molar refractivity (Wildman–Crippen MR) is 51.8 cm³/mol. The van der Waals surface area contributed by atoms with Crippen LogP contribution in [0.3, 0.4) is 0 Å². The Kier molecular flexibility index (Phi) is 2.59. The molecule has 2 aromatic rings. The highest BCUT2D eigenvalue weighted by Gasteiger charge is 2.33. The normalized spacial score (nSPS) is 11.8. The molecule has 2 rings (SSSR count). The number of aromatic nitrogens is 3. The van der Waals surface area contributed by atoms with Crippen molar-refractivity contribution >= 4 is 11.6 Å². The molecule has 3 nitrogen and oxygen atoms in total. The zero-order valence-electron chi connectivity index (χ0n) is 7.72. The second kappa shape index (κ2) is 3.79. The molecular weight excluding hydrogens is 243 g/mol. The van der Waals surface area contributed by atoms with Crippen molar-refractivity contribution in [2.45, 2.75) is 6.18 Å². The lowest BCUT2D eigenvalue weighted by atomic mass is 10.3. The van der Waals surface area contributed by atoms with Crippen LogP contribution in [0, 0.1) is 0 Å². The van der Waals surface area contributed by atoms with Crippen LogP contribution in [0.15, 0.2) is 24.5 Å². The average molecular weight is 248 g/mol. The number of rotatable bonds is 1. The SMILES string of the molecule is FC(F)(F)c1cnc(-c2ccc(Cl)nc2)[nH]1. The van der Waals surface area contributed by atoms with E-state index in [1.54, 1.807) is 0 Å². The van der Waals surface area contributed by atoms with Gasteiger partial charge in [-0.05, 0) is 12.1 Å². The summed E-state index contributed by atoms with van der Waals surface area (Å²) in [6.07, 6.45) is -2.34. The Hall–Kier alpha value is -1.56. The van der Waals surface area contributed by atoms with Crippen molar-refractivity contribution in [3.63, 3.8) is 0 Å². The standard InChI is InChI=1S/C9H5ClF3N3/c10-7-2-1-5(3-14-7)8-15-4-6(16-8)9(11,12)13/h1-4H,(H,15,16). The number of nitrogens with zero attached hydrogens (tertiary/aromatic N) is 2. The highest BCUT2D eigenvalue weighted by Crippen LogP contribution is 2.29. The molecule has 0 bridgehead atoms. The Bertz CT molecular complexity index is 489. The van der Waals surface area contributed by atoms with Gasteiger partial charge in [-0.25, -0.2) is 9.97 Å². The molecule has 0 aliphatic rings. The van der Waals surface area contributed by atoms with Crippen molar-refractivity contribution in [3.05, 3.63) is 35.4 Å². The molecule has 2 aromatic heterocycles. The molecule has 0 atom stereocenters. The number of hydrogen-bond acceptors (Lipinski definition) is 2. The third-order valence-electron chi connectivity index (χ3n) is 1.88. The topological polar surface area (TPSA) is 41.6 Å². The van der Waals surface area contributed by atoms with E-state index >= 15 is 0 Å². The van der Waals surface area contributed by atoms with Crippen LogP contribution in [0.4, 0.5) is 13.2 Å². The maximum atomic E-state index is 12.3. The molecule has 1 N–H and O–H groups in total. The van der Waals surface area contributed by atoms with Gasteiger partial charge in [0.2, 0.25) is 0 Å². The summed E-state index contributed by atoms with van der Waals surface area (Å²) in [6, 6.07) is 3.01. The number of nitrogens with one attached hydrogen (secondary N) is 1. The van der Waals surface area contributed by atoms with Gasteiger partial charge in [0.05, 0.1) is 6.20 Å². The van der Waals surface area contributed by atoms with Crippen molar-refractivity contribution in [1.82, 2.24) is 15.0 Å². The first-order valence-corrected chi connectivity index (χ1v) is 4.59. The molecule has 16 heavy (non-hydrogen) atoms. The molecule has 0 saturated heterocycles. The third kappa shape index (κ3) is 2.16. The number of pyridine rings is 1. The second-order valence-corrected chi connectivity index (χ2v) is 3.40. The van der Waals surface area contributed by atoms with Crippen LogP contribution in [0.5, 0.6) is 0 Å². The molecule has 2 heterocycles. The minimum atomic E-state index is -4.43. The zero-order chi connectivity index (χ0) is 11.8. The molecule has 0 fully saturated rings. The van der Waals surface area contributed by atoms with Gasteiger partial charge in [0.1, 0.15) is 16.7 Å². The van der Waals surface area contributed by atoms with Crippen molar-refractivity contribution in [2.75, 3.05) is 0 Å². The monoisotopic (exact) mass is 247 g/mol. The van der Waals surface area contributed by atoms with Gasteiger partial charge in [-0.15, -0.1) is 0 Å². The molecule has 0 spiro atoms. The fourth-order valence-electron chi connectivity index (χ4n) is 1.13. The maximum Gasteiger partial charge on any atom is 0.432 e.